The van der Waals surface area contributed by atoms with Gasteiger partial charge in [0.25, 0.3) is 0 Å². The molecule has 0 aromatic carbocycles. The molecule has 1 amide bonds. The third-order valence-electron chi connectivity index (χ3n) is 3.83. The summed E-state index contributed by atoms with van der Waals surface area (Å²) in [5.41, 5.74) is 5.88. The van der Waals surface area contributed by atoms with Gasteiger partial charge in [-0.05, 0) is 32.6 Å². The fraction of sp³-hybridized carbons (Fsp3) is 0.750. The number of hydrogen-bond acceptors (Lipinski definition) is 4. The molecule has 1 aromatic rings. The molecule has 1 heterocycles. The van der Waals surface area contributed by atoms with Gasteiger partial charge in [-0.25, -0.2) is 9.67 Å². The van der Waals surface area contributed by atoms with Crippen molar-refractivity contribution in [2.75, 3.05) is 7.05 Å². The molecule has 1 unspecified atom stereocenters. The Morgan fingerprint density at radius 1 is 1.44 bits per heavy atom. The van der Waals surface area contributed by atoms with Gasteiger partial charge in [-0.2, -0.15) is 5.10 Å². The fourth-order valence-electron chi connectivity index (χ4n) is 2.49. The van der Waals surface area contributed by atoms with Crippen molar-refractivity contribution in [3.05, 3.63) is 12.7 Å². The van der Waals surface area contributed by atoms with Crippen LogP contribution in [0.4, 0.5) is 0 Å². The summed E-state index contributed by atoms with van der Waals surface area (Å²) in [5.74, 6) is 0.0842. The van der Waals surface area contributed by atoms with E-state index in [-0.39, 0.29) is 11.9 Å². The summed E-state index contributed by atoms with van der Waals surface area (Å²) >= 11 is 0. The Balaban J connectivity index is 1.96. The molecule has 1 aliphatic rings. The fourth-order valence-corrected chi connectivity index (χ4v) is 2.49. The first-order chi connectivity index (χ1) is 8.59. The quantitative estimate of drug-likeness (QED) is 0.852. The molecule has 6 heteroatoms. The average Bonchev–Trinajstić information content (AvgIpc) is 2.91. The van der Waals surface area contributed by atoms with E-state index in [4.69, 9.17) is 5.73 Å². The molecule has 0 radical (unpaired) electrons. The normalized spacial score (nSPS) is 25.7. The van der Waals surface area contributed by atoms with Crippen LogP contribution in [0.15, 0.2) is 12.7 Å². The molecule has 18 heavy (non-hydrogen) atoms. The van der Waals surface area contributed by atoms with Crippen molar-refractivity contribution in [2.45, 2.75) is 50.7 Å². The zero-order chi connectivity index (χ0) is 13.1. The van der Waals surface area contributed by atoms with Gasteiger partial charge in [0.15, 0.2) is 0 Å². The lowest BCUT2D eigenvalue weighted by atomic mass is 9.91. The third kappa shape index (κ3) is 2.69. The van der Waals surface area contributed by atoms with Gasteiger partial charge in [0.05, 0.1) is 0 Å². The molecule has 100 valence electrons. The summed E-state index contributed by atoms with van der Waals surface area (Å²) in [7, 11) is 1.87. The van der Waals surface area contributed by atoms with Crippen LogP contribution in [0.2, 0.25) is 0 Å². The SMILES string of the molecule is CC(C(=O)N(C)C1CCC(N)CC1)n1cncn1. The van der Waals surface area contributed by atoms with Crippen LogP contribution in [0, 0.1) is 0 Å². The molecule has 6 nitrogen and oxygen atoms in total. The molecule has 0 spiro atoms. The lowest BCUT2D eigenvalue weighted by Gasteiger charge is -2.34. The summed E-state index contributed by atoms with van der Waals surface area (Å²) < 4.78 is 1.59. The second-order valence-corrected chi connectivity index (χ2v) is 5.07. The number of hydrogen-bond donors (Lipinski definition) is 1. The largest absolute Gasteiger partial charge is 0.341 e. The Morgan fingerprint density at radius 3 is 2.67 bits per heavy atom. The number of rotatable bonds is 3. The molecule has 1 saturated carbocycles. The second kappa shape index (κ2) is 5.48. The highest BCUT2D eigenvalue weighted by molar-refractivity contribution is 5.80. The van der Waals surface area contributed by atoms with E-state index in [1.807, 2.05) is 18.9 Å². The zero-order valence-corrected chi connectivity index (χ0v) is 11.0. The predicted octanol–water partition coefficient (Wildman–Crippen LogP) is 0.567. The van der Waals surface area contributed by atoms with E-state index in [0.717, 1.165) is 25.7 Å². The molecular weight excluding hydrogens is 230 g/mol. The minimum atomic E-state index is -0.298. The molecule has 1 fully saturated rings. The Kier molecular flexibility index (Phi) is 3.96. The minimum Gasteiger partial charge on any atom is -0.341 e. The number of amides is 1. The molecule has 0 bridgehead atoms. The van der Waals surface area contributed by atoms with Crippen LogP contribution in [0.1, 0.15) is 38.6 Å². The van der Waals surface area contributed by atoms with Crippen LogP contribution < -0.4 is 5.73 Å². The predicted molar refractivity (Wildman–Crippen MR) is 67.7 cm³/mol. The summed E-state index contributed by atoms with van der Waals surface area (Å²) in [5, 5.41) is 4.01. The monoisotopic (exact) mass is 251 g/mol. The van der Waals surface area contributed by atoms with Gasteiger partial charge in [-0.1, -0.05) is 0 Å². The van der Waals surface area contributed by atoms with Gasteiger partial charge >= 0.3 is 0 Å². The molecule has 2 N–H and O–H groups in total. The van der Waals surface area contributed by atoms with E-state index in [2.05, 4.69) is 10.1 Å². The maximum atomic E-state index is 12.3. The van der Waals surface area contributed by atoms with E-state index < -0.39 is 0 Å². The minimum absolute atomic E-state index is 0.0842. The number of likely N-dealkylation sites (N-methyl/N-ethyl adjacent to an activating group) is 1. The first-order valence-corrected chi connectivity index (χ1v) is 6.46. The van der Waals surface area contributed by atoms with E-state index in [0.29, 0.717) is 12.1 Å². The molecule has 1 atom stereocenters. The lowest BCUT2D eigenvalue weighted by molar-refractivity contribution is -0.136. The van der Waals surface area contributed by atoms with E-state index >= 15 is 0 Å². The molecule has 0 aliphatic heterocycles. The molecule has 2 rings (SSSR count). The van der Waals surface area contributed by atoms with Crippen molar-refractivity contribution in [1.82, 2.24) is 19.7 Å². The van der Waals surface area contributed by atoms with Crippen LogP contribution in [0.5, 0.6) is 0 Å². The lowest BCUT2D eigenvalue weighted by Crippen LogP contribution is -2.44. The van der Waals surface area contributed by atoms with Crippen LogP contribution in [-0.4, -0.2) is 44.7 Å². The maximum Gasteiger partial charge on any atom is 0.247 e. The average molecular weight is 251 g/mol. The Morgan fingerprint density at radius 2 is 2.11 bits per heavy atom. The standard InChI is InChI=1S/C12H21N5O/c1-9(17-8-14-7-15-17)12(18)16(2)11-5-3-10(13)4-6-11/h7-11H,3-6,13H2,1-2H3. The molecule has 0 saturated heterocycles. The van der Waals surface area contributed by atoms with Crippen LogP contribution in [0.25, 0.3) is 0 Å². The van der Waals surface area contributed by atoms with Gasteiger partial charge in [0.1, 0.15) is 18.7 Å². The first kappa shape index (κ1) is 13.0. The Hall–Kier alpha value is -1.43. The van der Waals surface area contributed by atoms with E-state index in [1.165, 1.54) is 6.33 Å². The second-order valence-electron chi connectivity index (χ2n) is 5.07. The maximum absolute atomic E-state index is 12.3. The van der Waals surface area contributed by atoms with Crippen molar-refractivity contribution < 1.29 is 4.79 Å². The van der Waals surface area contributed by atoms with Crippen LogP contribution in [-0.2, 0) is 4.79 Å². The van der Waals surface area contributed by atoms with Crippen molar-refractivity contribution in [3.63, 3.8) is 0 Å². The van der Waals surface area contributed by atoms with Crippen LogP contribution >= 0.6 is 0 Å². The number of carbonyl (C=O) groups is 1. The Bertz CT molecular complexity index is 383. The number of nitrogens with zero attached hydrogens (tertiary/aromatic N) is 4. The smallest absolute Gasteiger partial charge is 0.247 e. The van der Waals surface area contributed by atoms with Gasteiger partial charge < -0.3 is 10.6 Å². The van der Waals surface area contributed by atoms with Gasteiger partial charge in [0, 0.05) is 19.1 Å². The summed E-state index contributed by atoms with van der Waals surface area (Å²) in [6, 6.07) is 0.314. The summed E-state index contributed by atoms with van der Waals surface area (Å²) in [6.45, 7) is 1.85. The van der Waals surface area contributed by atoms with Crippen LogP contribution in [0.3, 0.4) is 0 Å². The van der Waals surface area contributed by atoms with Gasteiger partial charge in [0.2, 0.25) is 5.91 Å². The first-order valence-electron chi connectivity index (χ1n) is 6.46. The highest BCUT2D eigenvalue weighted by atomic mass is 16.2. The molecule has 1 aromatic heterocycles. The molecular formula is C12H21N5O. The highest BCUT2D eigenvalue weighted by Gasteiger charge is 2.28. The zero-order valence-electron chi connectivity index (χ0n) is 11.0. The molecule has 1 aliphatic carbocycles. The van der Waals surface area contributed by atoms with Gasteiger partial charge in [-0.3, -0.25) is 4.79 Å². The van der Waals surface area contributed by atoms with E-state index in [1.54, 1.807) is 11.0 Å². The summed E-state index contributed by atoms with van der Waals surface area (Å²) in [4.78, 5) is 18.0. The summed E-state index contributed by atoms with van der Waals surface area (Å²) in [6.07, 6.45) is 7.01. The van der Waals surface area contributed by atoms with Crippen molar-refractivity contribution in [1.29, 1.82) is 0 Å². The topological polar surface area (TPSA) is 77.0 Å². The van der Waals surface area contributed by atoms with Crippen molar-refractivity contribution in [3.8, 4) is 0 Å². The van der Waals surface area contributed by atoms with Gasteiger partial charge in [-0.15, -0.1) is 0 Å². The Labute approximate surface area is 107 Å². The highest BCUT2D eigenvalue weighted by Crippen LogP contribution is 2.22. The number of nitrogens with two attached hydrogens (primary N) is 1. The van der Waals surface area contributed by atoms with E-state index in [9.17, 15) is 4.79 Å². The third-order valence-corrected chi connectivity index (χ3v) is 3.83. The van der Waals surface area contributed by atoms with Crippen molar-refractivity contribution >= 4 is 5.91 Å². The number of carbonyl (C=O) groups excluding carboxylic acids is 1. The number of aromatic nitrogens is 3. The van der Waals surface area contributed by atoms with Crippen molar-refractivity contribution in [2.24, 2.45) is 5.73 Å².